The number of Topliss-reactive ketones (excluding diaryl/α,β-unsaturated/α-hetero) is 1. The smallest absolute Gasteiger partial charge is 0.301 e. The van der Waals surface area contributed by atoms with Gasteiger partial charge in [0, 0.05) is 11.8 Å². The Labute approximate surface area is 202 Å². The number of benzene rings is 2. The van der Waals surface area contributed by atoms with Gasteiger partial charge in [-0.1, -0.05) is 25.1 Å². The number of aliphatic hydroxyl groups is 1. The number of hydrogen-bond acceptors (Lipinski definition) is 7. The molecule has 1 N–H and O–H groups in total. The van der Waals surface area contributed by atoms with Crippen LogP contribution in [0, 0.1) is 0 Å². The Morgan fingerprint density at radius 3 is 2.54 bits per heavy atom. The first-order valence-corrected chi connectivity index (χ1v) is 11.4. The standard InChI is InChI=1S/C27H24N2O6/c1-2-13-33-19-9-6-17(7-10-19)24-23(26(31)27(32)29(24)22-5-3-4-12-28-22)25(30)18-8-11-20-21(16-18)35-15-14-34-20/h3-12,16,24,30H,2,13-15H2,1H3/b25-23+. The van der Waals surface area contributed by atoms with E-state index in [1.165, 1.54) is 4.90 Å². The molecule has 178 valence electrons. The van der Waals surface area contributed by atoms with Gasteiger partial charge in [-0.05, 0) is 54.4 Å². The van der Waals surface area contributed by atoms with E-state index >= 15 is 0 Å². The lowest BCUT2D eigenvalue weighted by atomic mass is 9.95. The number of carbonyl (C=O) groups excluding carboxylic acids is 2. The van der Waals surface area contributed by atoms with Gasteiger partial charge in [-0.25, -0.2) is 4.98 Å². The molecule has 1 atom stereocenters. The SMILES string of the molecule is CCCOc1ccc(C2/C(=C(\O)c3ccc4c(c3)OCCO4)C(=O)C(=O)N2c2ccccn2)cc1. The van der Waals surface area contributed by atoms with Crippen LogP contribution in [0.15, 0.2) is 72.4 Å². The van der Waals surface area contributed by atoms with Gasteiger partial charge in [-0.3, -0.25) is 14.5 Å². The van der Waals surface area contributed by atoms with Gasteiger partial charge in [0.1, 0.15) is 30.5 Å². The van der Waals surface area contributed by atoms with Crippen molar-refractivity contribution in [3.05, 3.63) is 83.6 Å². The van der Waals surface area contributed by atoms with Crippen LogP contribution in [0.5, 0.6) is 17.2 Å². The predicted octanol–water partition coefficient (Wildman–Crippen LogP) is 4.27. The average molecular weight is 472 g/mol. The largest absolute Gasteiger partial charge is 0.507 e. The second-order valence-electron chi connectivity index (χ2n) is 8.13. The van der Waals surface area contributed by atoms with Gasteiger partial charge in [0.05, 0.1) is 18.2 Å². The van der Waals surface area contributed by atoms with Crippen LogP contribution in [0.3, 0.4) is 0 Å². The molecule has 2 aliphatic rings. The lowest BCUT2D eigenvalue weighted by Crippen LogP contribution is -2.30. The number of hydrogen-bond donors (Lipinski definition) is 1. The molecule has 0 radical (unpaired) electrons. The van der Waals surface area contributed by atoms with Crippen LogP contribution in [0.4, 0.5) is 5.82 Å². The van der Waals surface area contributed by atoms with Crippen LogP contribution in [0.1, 0.15) is 30.5 Å². The van der Waals surface area contributed by atoms with Crippen molar-refractivity contribution in [1.29, 1.82) is 0 Å². The summed E-state index contributed by atoms with van der Waals surface area (Å²) in [6, 6.07) is 16.3. The van der Waals surface area contributed by atoms with Crippen molar-refractivity contribution < 1.29 is 28.9 Å². The maximum absolute atomic E-state index is 13.3. The summed E-state index contributed by atoms with van der Waals surface area (Å²) >= 11 is 0. The quantitative estimate of drug-likeness (QED) is 0.325. The fourth-order valence-corrected chi connectivity index (χ4v) is 4.19. The highest BCUT2D eigenvalue weighted by molar-refractivity contribution is 6.51. The zero-order chi connectivity index (χ0) is 24.4. The van der Waals surface area contributed by atoms with Crippen LogP contribution in [0.2, 0.25) is 0 Å². The van der Waals surface area contributed by atoms with E-state index < -0.39 is 17.7 Å². The molecule has 8 nitrogen and oxygen atoms in total. The minimum absolute atomic E-state index is 0.0282. The van der Waals surface area contributed by atoms with E-state index in [-0.39, 0.29) is 11.3 Å². The summed E-state index contributed by atoms with van der Waals surface area (Å²) in [5.41, 5.74) is 0.957. The van der Waals surface area contributed by atoms with Gasteiger partial charge in [-0.2, -0.15) is 0 Å². The van der Waals surface area contributed by atoms with Crippen LogP contribution in [-0.2, 0) is 9.59 Å². The van der Waals surface area contributed by atoms with Crippen molar-refractivity contribution in [3.8, 4) is 17.2 Å². The highest BCUT2D eigenvalue weighted by Crippen LogP contribution is 2.43. The molecule has 3 aromatic rings. The van der Waals surface area contributed by atoms with E-state index in [4.69, 9.17) is 14.2 Å². The number of fused-ring (bicyclic) bond motifs is 1. The fourth-order valence-electron chi connectivity index (χ4n) is 4.19. The van der Waals surface area contributed by atoms with E-state index in [9.17, 15) is 14.7 Å². The minimum Gasteiger partial charge on any atom is -0.507 e. The van der Waals surface area contributed by atoms with Crippen molar-refractivity contribution in [2.24, 2.45) is 0 Å². The van der Waals surface area contributed by atoms with Crippen molar-refractivity contribution in [1.82, 2.24) is 4.98 Å². The number of aliphatic hydroxyl groups excluding tert-OH is 1. The summed E-state index contributed by atoms with van der Waals surface area (Å²) in [6.07, 6.45) is 2.42. The van der Waals surface area contributed by atoms with Gasteiger partial charge in [0.2, 0.25) is 0 Å². The summed E-state index contributed by atoms with van der Waals surface area (Å²) in [7, 11) is 0. The molecule has 1 fully saturated rings. The van der Waals surface area contributed by atoms with Gasteiger partial charge in [0.25, 0.3) is 5.78 Å². The Morgan fingerprint density at radius 1 is 1.06 bits per heavy atom. The van der Waals surface area contributed by atoms with Crippen LogP contribution < -0.4 is 19.1 Å². The molecule has 0 bridgehead atoms. The molecule has 3 heterocycles. The molecule has 2 aliphatic heterocycles. The monoisotopic (exact) mass is 472 g/mol. The van der Waals surface area contributed by atoms with E-state index in [0.29, 0.717) is 54.0 Å². The van der Waals surface area contributed by atoms with Gasteiger partial charge >= 0.3 is 5.91 Å². The maximum Gasteiger partial charge on any atom is 0.301 e. The number of carbonyl (C=O) groups is 2. The van der Waals surface area contributed by atoms with Crippen LogP contribution in [0.25, 0.3) is 5.76 Å². The molecule has 5 rings (SSSR count). The lowest BCUT2D eigenvalue weighted by Gasteiger charge is -2.24. The zero-order valence-electron chi connectivity index (χ0n) is 19.1. The molecular weight excluding hydrogens is 448 g/mol. The number of pyridine rings is 1. The molecule has 2 aromatic carbocycles. The first kappa shape index (κ1) is 22.5. The zero-order valence-corrected chi connectivity index (χ0v) is 19.1. The second-order valence-corrected chi connectivity index (χ2v) is 8.13. The van der Waals surface area contributed by atoms with E-state index in [1.54, 1.807) is 66.9 Å². The summed E-state index contributed by atoms with van der Waals surface area (Å²) in [5, 5.41) is 11.3. The molecule has 8 heteroatoms. The molecule has 0 aliphatic carbocycles. The Balaban J connectivity index is 1.63. The predicted molar refractivity (Wildman–Crippen MR) is 129 cm³/mol. The third-order valence-corrected chi connectivity index (χ3v) is 5.82. The molecule has 0 saturated carbocycles. The third kappa shape index (κ3) is 4.19. The molecule has 1 aromatic heterocycles. The number of ether oxygens (including phenoxy) is 3. The number of nitrogens with zero attached hydrogens (tertiary/aromatic N) is 2. The Hall–Kier alpha value is -4.33. The van der Waals surface area contributed by atoms with Crippen molar-refractivity contribution >= 4 is 23.3 Å². The highest BCUT2D eigenvalue weighted by atomic mass is 16.6. The fraction of sp³-hybridized carbons (Fsp3) is 0.222. The number of rotatable bonds is 6. The lowest BCUT2D eigenvalue weighted by molar-refractivity contribution is -0.132. The number of amides is 1. The van der Waals surface area contributed by atoms with E-state index in [1.807, 2.05) is 6.92 Å². The second kappa shape index (κ2) is 9.50. The molecular formula is C27H24N2O6. The normalized spacial score (nSPS) is 18.5. The summed E-state index contributed by atoms with van der Waals surface area (Å²) in [4.78, 5) is 32.1. The van der Waals surface area contributed by atoms with Gasteiger partial charge in [0.15, 0.2) is 11.5 Å². The number of anilines is 1. The summed E-state index contributed by atoms with van der Waals surface area (Å²) in [6.45, 7) is 3.42. The summed E-state index contributed by atoms with van der Waals surface area (Å²) < 4.78 is 16.9. The summed E-state index contributed by atoms with van der Waals surface area (Å²) in [5.74, 6) is 0.159. The topological polar surface area (TPSA) is 98.2 Å². The van der Waals surface area contributed by atoms with Crippen LogP contribution in [-0.4, -0.2) is 41.6 Å². The van der Waals surface area contributed by atoms with Crippen molar-refractivity contribution in [2.75, 3.05) is 24.7 Å². The average Bonchev–Trinajstić information content (AvgIpc) is 3.17. The van der Waals surface area contributed by atoms with Crippen molar-refractivity contribution in [3.63, 3.8) is 0 Å². The first-order chi connectivity index (χ1) is 17.1. The van der Waals surface area contributed by atoms with Gasteiger partial charge in [-0.15, -0.1) is 0 Å². The Kier molecular flexibility index (Phi) is 6.10. The maximum atomic E-state index is 13.3. The molecule has 0 spiro atoms. The van der Waals surface area contributed by atoms with Crippen molar-refractivity contribution in [2.45, 2.75) is 19.4 Å². The molecule has 35 heavy (non-hydrogen) atoms. The number of ketones is 1. The number of aromatic nitrogens is 1. The van der Waals surface area contributed by atoms with Crippen LogP contribution >= 0.6 is 0 Å². The Morgan fingerprint density at radius 2 is 1.83 bits per heavy atom. The molecule has 1 amide bonds. The molecule has 1 saturated heterocycles. The minimum atomic E-state index is -0.877. The molecule has 1 unspecified atom stereocenters. The Bertz CT molecular complexity index is 1290. The third-order valence-electron chi connectivity index (χ3n) is 5.82. The highest BCUT2D eigenvalue weighted by Gasteiger charge is 2.47. The van der Waals surface area contributed by atoms with Gasteiger partial charge < -0.3 is 19.3 Å². The van der Waals surface area contributed by atoms with E-state index in [0.717, 1.165) is 6.42 Å². The van der Waals surface area contributed by atoms with E-state index in [2.05, 4.69) is 4.98 Å². The first-order valence-electron chi connectivity index (χ1n) is 11.4.